The molecule has 0 radical (unpaired) electrons. The van der Waals surface area contributed by atoms with Gasteiger partial charge in [0.1, 0.15) is 11.6 Å². The van der Waals surface area contributed by atoms with Gasteiger partial charge in [-0.3, -0.25) is 10.3 Å². The van der Waals surface area contributed by atoms with Gasteiger partial charge < -0.3 is 10.5 Å². The minimum absolute atomic E-state index is 0.0494. The number of hydrogen-bond acceptors (Lipinski definition) is 3. The molecule has 1 heterocycles. The van der Waals surface area contributed by atoms with Crippen LogP contribution in [0.5, 0.6) is 5.75 Å². The van der Waals surface area contributed by atoms with E-state index in [-0.39, 0.29) is 5.84 Å². The molecule has 1 aromatic carbocycles. The van der Waals surface area contributed by atoms with Gasteiger partial charge in [-0.05, 0) is 43.4 Å². The second-order valence-electron chi connectivity index (χ2n) is 5.91. The fourth-order valence-corrected chi connectivity index (χ4v) is 2.89. The fourth-order valence-electron chi connectivity index (χ4n) is 2.89. The molecule has 1 aliphatic heterocycles. The summed E-state index contributed by atoms with van der Waals surface area (Å²) in [4.78, 5) is 2.52. The van der Waals surface area contributed by atoms with Crippen LogP contribution in [0.2, 0.25) is 0 Å². The molecule has 0 spiro atoms. The van der Waals surface area contributed by atoms with E-state index in [4.69, 9.17) is 15.9 Å². The maximum atomic E-state index is 7.55. The minimum Gasteiger partial charge on any atom is -0.496 e. The number of amidine groups is 1. The van der Waals surface area contributed by atoms with Gasteiger partial charge in [-0.25, -0.2) is 0 Å². The van der Waals surface area contributed by atoms with Gasteiger partial charge in [-0.15, -0.1) is 0 Å². The number of methoxy groups -OCH3 is 1. The smallest absolute Gasteiger partial charge is 0.130 e. The summed E-state index contributed by atoms with van der Waals surface area (Å²) in [5.41, 5.74) is 7.44. The lowest BCUT2D eigenvalue weighted by Crippen LogP contribution is -2.40. The van der Waals surface area contributed by atoms with Crippen LogP contribution in [0.1, 0.15) is 37.8 Å². The van der Waals surface area contributed by atoms with E-state index in [9.17, 15) is 0 Å². The minimum atomic E-state index is 0.0494. The van der Waals surface area contributed by atoms with Gasteiger partial charge in [0.05, 0.1) is 12.7 Å². The first kappa shape index (κ1) is 14.9. The standard InChI is InChI=1S/C16H25N3O/c1-11-4-5-12(2)19(9-11)10-13-6-7-14(16(17)18)15(8-13)20-3/h6-8,11-12H,4-5,9-10H2,1-3H3,(H3,17,18). The number of nitrogen functional groups attached to an aromatic ring is 1. The monoisotopic (exact) mass is 275 g/mol. The van der Waals surface area contributed by atoms with Crippen LogP contribution in [0.15, 0.2) is 18.2 Å². The molecule has 2 atom stereocenters. The molecule has 110 valence electrons. The van der Waals surface area contributed by atoms with Crippen LogP contribution >= 0.6 is 0 Å². The third kappa shape index (κ3) is 3.31. The number of ether oxygens (including phenoxy) is 1. The summed E-state index contributed by atoms with van der Waals surface area (Å²) >= 11 is 0. The van der Waals surface area contributed by atoms with E-state index in [1.165, 1.54) is 18.4 Å². The van der Waals surface area contributed by atoms with Crippen LogP contribution < -0.4 is 10.5 Å². The molecule has 2 unspecified atom stereocenters. The lowest BCUT2D eigenvalue weighted by atomic mass is 9.94. The first-order valence-corrected chi connectivity index (χ1v) is 7.26. The second kappa shape index (κ2) is 6.27. The first-order chi connectivity index (χ1) is 9.51. The molecule has 1 aromatic rings. The number of hydrogen-bond donors (Lipinski definition) is 2. The Kier molecular flexibility index (Phi) is 4.65. The Morgan fingerprint density at radius 3 is 2.80 bits per heavy atom. The number of piperidine rings is 1. The highest BCUT2D eigenvalue weighted by Crippen LogP contribution is 2.25. The van der Waals surface area contributed by atoms with Crippen molar-refractivity contribution in [2.45, 2.75) is 39.3 Å². The molecule has 1 saturated heterocycles. The highest BCUT2D eigenvalue weighted by Gasteiger charge is 2.23. The van der Waals surface area contributed by atoms with E-state index in [0.29, 0.717) is 17.4 Å². The van der Waals surface area contributed by atoms with Gasteiger partial charge in [0.15, 0.2) is 0 Å². The molecular weight excluding hydrogens is 250 g/mol. The largest absolute Gasteiger partial charge is 0.496 e. The number of nitrogens with zero attached hydrogens (tertiary/aromatic N) is 1. The Balaban J connectivity index is 2.15. The maximum Gasteiger partial charge on any atom is 0.130 e. The molecule has 4 nitrogen and oxygen atoms in total. The molecule has 20 heavy (non-hydrogen) atoms. The van der Waals surface area contributed by atoms with Gasteiger partial charge >= 0.3 is 0 Å². The maximum absolute atomic E-state index is 7.55. The number of nitrogens with two attached hydrogens (primary N) is 1. The summed E-state index contributed by atoms with van der Waals surface area (Å²) in [6.07, 6.45) is 2.59. The molecule has 4 heteroatoms. The molecule has 0 bridgehead atoms. The molecule has 2 rings (SSSR count). The topological polar surface area (TPSA) is 62.3 Å². The van der Waals surface area contributed by atoms with Crippen molar-refractivity contribution in [3.63, 3.8) is 0 Å². The predicted octanol–water partition coefficient (Wildman–Crippen LogP) is 2.60. The van der Waals surface area contributed by atoms with Crippen molar-refractivity contribution in [2.24, 2.45) is 11.7 Å². The normalized spacial score (nSPS) is 23.6. The van der Waals surface area contributed by atoms with Gasteiger partial charge in [-0.1, -0.05) is 13.0 Å². The van der Waals surface area contributed by atoms with Crippen LogP contribution in [-0.2, 0) is 6.54 Å². The third-order valence-corrected chi connectivity index (χ3v) is 4.19. The Labute approximate surface area is 121 Å². The Bertz CT molecular complexity index is 487. The summed E-state index contributed by atoms with van der Waals surface area (Å²) in [6.45, 7) is 6.70. The quantitative estimate of drug-likeness (QED) is 0.656. The lowest BCUT2D eigenvalue weighted by Gasteiger charge is -2.36. The SMILES string of the molecule is COc1cc(CN2CC(C)CCC2C)ccc1C(=N)N. The van der Waals surface area contributed by atoms with Gasteiger partial charge in [0.25, 0.3) is 0 Å². The van der Waals surface area contributed by atoms with Crippen molar-refractivity contribution >= 4 is 5.84 Å². The molecule has 0 aromatic heterocycles. The number of likely N-dealkylation sites (tertiary alicyclic amines) is 1. The van der Waals surface area contributed by atoms with E-state index >= 15 is 0 Å². The Hall–Kier alpha value is -1.55. The lowest BCUT2D eigenvalue weighted by molar-refractivity contribution is 0.117. The zero-order valence-corrected chi connectivity index (χ0v) is 12.6. The van der Waals surface area contributed by atoms with E-state index in [1.54, 1.807) is 7.11 Å². The van der Waals surface area contributed by atoms with Gasteiger partial charge in [0.2, 0.25) is 0 Å². The van der Waals surface area contributed by atoms with Gasteiger partial charge in [0, 0.05) is 19.1 Å². The number of rotatable bonds is 4. The highest BCUT2D eigenvalue weighted by molar-refractivity contribution is 5.97. The van der Waals surface area contributed by atoms with Crippen molar-refractivity contribution < 1.29 is 4.74 Å². The fraction of sp³-hybridized carbons (Fsp3) is 0.562. The highest BCUT2D eigenvalue weighted by atomic mass is 16.5. The number of benzene rings is 1. The summed E-state index contributed by atoms with van der Waals surface area (Å²) in [5, 5.41) is 7.55. The van der Waals surface area contributed by atoms with Crippen LogP contribution in [0.4, 0.5) is 0 Å². The summed E-state index contributed by atoms with van der Waals surface area (Å²) in [6, 6.07) is 6.56. The van der Waals surface area contributed by atoms with Crippen LogP contribution in [0.25, 0.3) is 0 Å². The summed E-state index contributed by atoms with van der Waals surface area (Å²) in [7, 11) is 1.62. The van der Waals surface area contributed by atoms with Gasteiger partial charge in [-0.2, -0.15) is 0 Å². The van der Waals surface area contributed by atoms with Crippen molar-refractivity contribution in [2.75, 3.05) is 13.7 Å². The molecular formula is C16H25N3O. The average molecular weight is 275 g/mol. The molecule has 1 aliphatic rings. The predicted molar refractivity (Wildman–Crippen MR) is 82.3 cm³/mol. The van der Waals surface area contributed by atoms with E-state index in [1.807, 2.05) is 18.2 Å². The molecule has 0 saturated carbocycles. The average Bonchev–Trinajstić information content (AvgIpc) is 2.42. The van der Waals surface area contributed by atoms with Crippen LogP contribution in [0.3, 0.4) is 0 Å². The summed E-state index contributed by atoms with van der Waals surface area (Å²) < 4.78 is 5.35. The van der Waals surface area contributed by atoms with Crippen molar-refractivity contribution in [3.05, 3.63) is 29.3 Å². The van der Waals surface area contributed by atoms with Crippen LogP contribution in [-0.4, -0.2) is 30.4 Å². The first-order valence-electron chi connectivity index (χ1n) is 7.26. The van der Waals surface area contributed by atoms with Crippen LogP contribution in [0, 0.1) is 11.3 Å². The third-order valence-electron chi connectivity index (χ3n) is 4.19. The Morgan fingerprint density at radius 2 is 2.15 bits per heavy atom. The van der Waals surface area contributed by atoms with E-state index in [0.717, 1.165) is 19.0 Å². The van der Waals surface area contributed by atoms with Crippen molar-refractivity contribution in [3.8, 4) is 5.75 Å². The Morgan fingerprint density at radius 1 is 1.40 bits per heavy atom. The molecule has 1 fully saturated rings. The molecule has 0 aliphatic carbocycles. The number of nitrogens with one attached hydrogen (secondary N) is 1. The van der Waals surface area contributed by atoms with E-state index in [2.05, 4.69) is 18.7 Å². The van der Waals surface area contributed by atoms with Crippen molar-refractivity contribution in [1.29, 1.82) is 5.41 Å². The zero-order valence-electron chi connectivity index (χ0n) is 12.6. The second-order valence-corrected chi connectivity index (χ2v) is 5.91. The molecule has 3 N–H and O–H groups in total. The van der Waals surface area contributed by atoms with Crippen molar-refractivity contribution in [1.82, 2.24) is 4.90 Å². The molecule has 0 amide bonds. The van der Waals surface area contributed by atoms with E-state index < -0.39 is 0 Å². The zero-order chi connectivity index (χ0) is 14.7. The summed E-state index contributed by atoms with van der Waals surface area (Å²) in [5.74, 6) is 1.51.